The number of rotatable bonds is 6. The molecule has 16 heavy (non-hydrogen) atoms. The van der Waals surface area contributed by atoms with Crippen LogP contribution < -0.4 is 4.74 Å². The molecule has 90 valence electrons. The topological polar surface area (TPSA) is 29.5 Å². The molecule has 0 bridgehead atoms. The average molecular weight is 230 g/mol. The molecular formula is C12H16F2O2. The highest BCUT2D eigenvalue weighted by atomic mass is 19.1. The third-order valence-corrected chi connectivity index (χ3v) is 2.23. The molecule has 0 aromatic heterocycles. The van der Waals surface area contributed by atoms with Crippen molar-refractivity contribution < 1.29 is 18.6 Å². The minimum Gasteiger partial charge on any atom is -0.488 e. The van der Waals surface area contributed by atoms with Crippen LogP contribution in [0.2, 0.25) is 0 Å². The molecule has 1 N–H and O–H groups in total. The lowest BCUT2D eigenvalue weighted by molar-refractivity contribution is 0.268. The van der Waals surface area contributed by atoms with Crippen molar-refractivity contribution in [2.24, 2.45) is 0 Å². The Bertz CT molecular complexity index is 317. The molecule has 1 aromatic carbocycles. The summed E-state index contributed by atoms with van der Waals surface area (Å²) in [5.74, 6) is -1.88. The molecule has 0 saturated heterocycles. The molecule has 0 radical (unpaired) electrons. The monoisotopic (exact) mass is 230 g/mol. The number of unbranched alkanes of at least 4 members (excludes halogenated alkanes) is 2. The van der Waals surface area contributed by atoms with Gasteiger partial charge in [-0.3, -0.25) is 0 Å². The average Bonchev–Trinajstić information content (AvgIpc) is 2.26. The molecule has 0 fully saturated rings. The normalized spacial score (nSPS) is 10.5. The van der Waals surface area contributed by atoms with E-state index in [0.717, 1.165) is 31.4 Å². The maximum absolute atomic E-state index is 13.3. The first-order valence-corrected chi connectivity index (χ1v) is 5.40. The van der Waals surface area contributed by atoms with E-state index >= 15 is 0 Å². The number of halogens is 2. The summed E-state index contributed by atoms with van der Waals surface area (Å²) in [5, 5.41) is 8.75. The van der Waals surface area contributed by atoms with Crippen LogP contribution >= 0.6 is 0 Å². The lowest BCUT2D eigenvalue weighted by Crippen LogP contribution is -2.02. The summed E-state index contributed by atoms with van der Waals surface area (Å²) in [6, 6.07) is 2.16. The quantitative estimate of drug-likeness (QED) is 0.761. The summed E-state index contributed by atoms with van der Waals surface area (Å²) < 4.78 is 31.7. The van der Waals surface area contributed by atoms with Crippen LogP contribution in [-0.2, 0) is 6.61 Å². The lowest BCUT2D eigenvalue weighted by Gasteiger charge is -2.09. The van der Waals surface area contributed by atoms with E-state index in [1.807, 2.05) is 6.92 Å². The van der Waals surface area contributed by atoms with Gasteiger partial charge in [-0.15, -0.1) is 0 Å². The van der Waals surface area contributed by atoms with Crippen LogP contribution in [0.1, 0.15) is 31.7 Å². The molecule has 2 nitrogen and oxygen atoms in total. The molecular weight excluding hydrogens is 214 g/mol. The van der Waals surface area contributed by atoms with Gasteiger partial charge in [0.25, 0.3) is 0 Å². The van der Waals surface area contributed by atoms with E-state index in [-0.39, 0.29) is 17.9 Å². The molecule has 0 heterocycles. The lowest BCUT2D eigenvalue weighted by atomic mass is 10.2. The number of aliphatic hydroxyl groups is 1. The zero-order valence-electron chi connectivity index (χ0n) is 9.30. The highest BCUT2D eigenvalue weighted by Gasteiger charge is 2.12. The van der Waals surface area contributed by atoms with Gasteiger partial charge in [0.05, 0.1) is 13.2 Å². The molecule has 1 rings (SSSR count). The van der Waals surface area contributed by atoms with Gasteiger partial charge in [0, 0.05) is 0 Å². The van der Waals surface area contributed by atoms with Crippen molar-refractivity contribution in [3.8, 4) is 5.75 Å². The molecule has 1 aromatic rings. The van der Waals surface area contributed by atoms with E-state index in [1.165, 1.54) is 0 Å². The first kappa shape index (κ1) is 12.9. The Morgan fingerprint density at radius 1 is 1.19 bits per heavy atom. The van der Waals surface area contributed by atoms with Gasteiger partial charge in [-0.1, -0.05) is 19.8 Å². The minimum atomic E-state index is -0.763. The highest BCUT2D eigenvalue weighted by Crippen LogP contribution is 2.23. The van der Waals surface area contributed by atoms with E-state index in [4.69, 9.17) is 9.84 Å². The summed E-state index contributed by atoms with van der Waals surface area (Å²) in [5.41, 5.74) is 0.205. The molecule has 0 saturated carbocycles. The predicted molar refractivity (Wildman–Crippen MR) is 57.3 cm³/mol. The third kappa shape index (κ3) is 3.45. The van der Waals surface area contributed by atoms with Crippen LogP contribution in [0.25, 0.3) is 0 Å². The Kier molecular flexibility index (Phi) is 5.19. The number of benzene rings is 1. The SMILES string of the molecule is CCCCCOc1c(F)cc(CO)cc1F. The second-order valence-electron chi connectivity index (χ2n) is 3.60. The first-order valence-electron chi connectivity index (χ1n) is 5.40. The van der Waals surface area contributed by atoms with Crippen LogP contribution in [0.15, 0.2) is 12.1 Å². The zero-order chi connectivity index (χ0) is 12.0. The zero-order valence-corrected chi connectivity index (χ0v) is 9.30. The van der Waals surface area contributed by atoms with Crippen LogP contribution in [-0.4, -0.2) is 11.7 Å². The fourth-order valence-electron chi connectivity index (χ4n) is 1.37. The van der Waals surface area contributed by atoms with Gasteiger partial charge in [0.2, 0.25) is 0 Å². The molecule has 4 heteroatoms. The minimum absolute atomic E-state index is 0.205. The highest BCUT2D eigenvalue weighted by molar-refractivity contribution is 5.31. The van der Waals surface area contributed by atoms with Crippen molar-refractivity contribution in [2.45, 2.75) is 32.8 Å². The van der Waals surface area contributed by atoms with Gasteiger partial charge >= 0.3 is 0 Å². The Labute approximate surface area is 93.9 Å². The van der Waals surface area contributed by atoms with Gasteiger partial charge in [-0.25, -0.2) is 8.78 Å². The van der Waals surface area contributed by atoms with Gasteiger partial charge in [-0.2, -0.15) is 0 Å². The van der Waals surface area contributed by atoms with Crippen LogP contribution in [0.3, 0.4) is 0 Å². The van der Waals surface area contributed by atoms with Gasteiger partial charge in [0.15, 0.2) is 17.4 Å². The smallest absolute Gasteiger partial charge is 0.190 e. The second kappa shape index (κ2) is 6.43. The predicted octanol–water partition coefficient (Wildman–Crippen LogP) is 3.03. The first-order chi connectivity index (χ1) is 7.69. The number of aliphatic hydroxyl groups excluding tert-OH is 1. The summed E-state index contributed by atoms with van der Waals surface area (Å²) in [6.45, 7) is 1.96. The number of hydrogen-bond donors (Lipinski definition) is 1. The number of hydrogen-bond acceptors (Lipinski definition) is 2. The number of ether oxygens (including phenoxy) is 1. The van der Waals surface area contributed by atoms with Crippen molar-refractivity contribution in [3.05, 3.63) is 29.3 Å². The van der Waals surface area contributed by atoms with Gasteiger partial charge < -0.3 is 9.84 Å². The van der Waals surface area contributed by atoms with Crippen LogP contribution in [0, 0.1) is 11.6 Å². The molecule has 0 amide bonds. The molecule has 0 unspecified atom stereocenters. The maximum atomic E-state index is 13.3. The Balaban J connectivity index is 2.65. The molecule has 0 aliphatic rings. The summed E-state index contributed by atoms with van der Waals surface area (Å²) in [6.07, 6.45) is 2.77. The standard InChI is InChI=1S/C12H16F2O2/c1-2-3-4-5-16-12-10(13)6-9(8-15)7-11(12)14/h6-7,15H,2-5,8H2,1H3. The van der Waals surface area contributed by atoms with Crippen LogP contribution in [0.4, 0.5) is 8.78 Å². The van der Waals surface area contributed by atoms with Crippen molar-refractivity contribution in [3.63, 3.8) is 0 Å². The van der Waals surface area contributed by atoms with Crippen molar-refractivity contribution in [1.82, 2.24) is 0 Å². The summed E-state index contributed by atoms with van der Waals surface area (Å²) >= 11 is 0. The molecule has 0 atom stereocenters. The van der Waals surface area contributed by atoms with Crippen molar-refractivity contribution >= 4 is 0 Å². The van der Waals surface area contributed by atoms with Crippen LogP contribution in [0.5, 0.6) is 5.75 Å². The molecule has 0 aliphatic carbocycles. The second-order valence-corrected chi connectivity index (χ2v) is 3.60. The van der Waals surface area contributed by atoms with Gasteiger partial charge in [0.1, 0.15) is 0 Å². The summed E-state index contributed by atoms with van der Waals surface area (Å²) in [7, 11) is 0. The van der Waals surface area contributed by atoms with E-state index in [1.54, 1.807) is 0 Å². The van der Waals surface area contributed by atoms with E-state index in [2.05, 4.69) is 0 Å². The fraction of sp³-hybridized carbons (Fsp3) is 0.500. The molecule has 0 aliphatic heterocycles. The largest absolute Gasteiger partial charge is 0.488 e. The Morgan fingerprint density at radius 3 is 2.31 bits per heavy atom. The molecule has 0 spiro atoms. The fourth-order valence-corrected chi connectivity index (χ4v) is 1.37. The van der Waals surface area contributed by atoms with Crippen molar-refractivity contribution in [2.75, 3.05) is 6.61 Å². The Hall–Kier alpha value is -1.16. The third-order valence-electron chi connectivity index (χ3n) is 2.23. The van der Waals surface area contributed by atoms with E-state index < -0.39 is 11.6 Å². The Morgan fingerprint density at radius 2 is 1.81 bits per heavy atom. The van der Waals surface area contributed by atoms with E-state index in [0.29, 0.717) is 6.61 Å². The van der Waals surface area contributed by atoms with E-state index in [9.17, 15) is 8.78 Å². The van der Waals surface area contributed by atoms with Crippen molar-refractivity contribution in [1.29, 1.82) is 0 Å². The summed E-state index contributed by atoms with van der Waals surface area (Å²) in [4.78, 5) is 0. The maximum Gasteiger partial charge on any atom is 0.190 e. The van der Waals surface area contributed by atoms with Gasteiger partial charge in [-0.05, 0) is 24.1 Å².